The molecule has 0 bridgehead atoms. The van der Waals surface area contributed by atoms with Crippen LogP contribution in [0.25, 0.3) is 0 Å². The van der Waals surface area contributed by atoms with E-state index in [0.717, 1.165) is 11.1 Å². The summed E-state index contributed by atoms with van der Waals surface area (Å²) in [6, 6.07) is 17.9. The fourth-order valence-electron chi connectivity index (χ4n) is 2.84. The van der Waals surface area contributed by atoms with E-state index in [1.807, 2.05) is 74.5 Å². The summed E-state index contributed by atoms with van der Waals surface area (Å²) in [7, 11) is 0. The van der Waals surface area contributed by atoms with Gasteiger partial charge in [0.1, 0.15) is 6.04 Å². The van der Waals surface area contributed by atoms with Crippen LogP contribution in [-0.4, -0.2) is 31.0 Å². The number of hydrogen-bond donors (Lipinski definition) is 1. The van der Waals surface area contributed by atoms with Gasteiger partial charge in [0.25, 0.3) is 0 Å². The van der Waals surface area contributed by atoms with Crippen molar-refractivity contribution in [2.45, 2.75) is 45.3 Å². The van der Waals surface area contributed by atoms with Crippen LogP contribution in [-0.2, 0) is 19.1 Å². The van der Waals surface area contributed by atoms with Gasteiger partial charge in [0, 0.05) is 6.42 Å². The summed E-state index contributed by atoms with van der Waals surface area (Å²) in [5.74, 6) is -0.411. The summed E-state index contributed by atoms with van der Waals surface area (Å²) in [5.41, 5.74) is 1.64. The van der Waals surface area contributed by atoms with Gasteiger partial charge in [0.2, 0.25) is 0 Å². The minimum atomic E-state index is -0.923. The third kappa shape index (κ3) is 7.70. The predicted octanol–water partition coefficient (Wildman–Crippen LogP) is 4.35. The van der Waals surface area contributed by atoms with Gasteiger partial charge in [0.05, 0.1) is 6.61 Å². The van der Waals surface area contributed by atoms with Crippen LogP contribution in [0.15, 0.2) is 60.7 Å². The van der Waals surface area contributed by atoms with Crippen LogP contribution in [0.2, 0.25) is 0 Å². The van der Waals surface area contributed by atoms with E-state index in [-0.39, 0.29) is 25.4 Å². The van der Waals surface area contributed by atoms with Gasteiger partial charge >= 0.3 is 12.1 Å². The van der Waals surface area contributed by atoms with E-state index in [2.05, 4.69) is 5.32 Å². The van der Waals surface area contributed by atoms with Gasteiger partial charge in [-0.3, -0.25) is 4.79 Å². The van der Waals surface area contributed by atoms with Gasteiger partial charge < -0.3 is 14.8 Å². The molecular formula is C24H28NO5. The van der Waals surface area contributed by atoms with Crippen molar-refractivity contribution in [3.05, 3.63) is 71.8 Å². The normalized spacial score (nSPS) is 11.7. The minimum absolute atomic E-state index is 0.173. The average molecular weight is 410 g/mol. The lowest BCUT2D eigenvalue weighted by atomic mass is 10.0. The first-order chi connectivity index (χ1) is 14.5. The van der Waals surface area contributed by atoms with Crippen molar-refractivity contribution in [3.63, 3.8) is 0 Å². The Hall–Kier alpha value is -3.15. The summed E-state index contributed by atoms with van der Waals surface area (Å²) >= 11 is 0. The maximum absolute atomic E-state index is 13.0. The molecule has 0 aliphatic heterocycles. The highest BCUT2D eigenvalue weighted by molar-refractivity contribution is 5.81. The Morgan fingerprint density at radius 3 is 2.03 bits per heavy atom. The van der Waals surface area contributed by atoms with Crippen molar-refractivity contribution in [1.29, 1.82) is 0 Å². The van der Waals surface area contributed by atoms with E-state index in [1.165, 1.54) is 0 Å². The highest BCUT2D eigenvalue weighted by Crippen LogP contribution is 2.26. The first-order valence-electron chi connectivity index (χ1n) is 10.1. The number of carbonyl (C=O) groups is 2. The molecule has 0 fully saturated rings. The number of esters is 1. The smallest absolute Gasteiger partial charge is 0.407 e. The Morgan fingerprint density at radius 1 is 0.967 bits per heavy atom. The van der Waals surface area contributed by atoms with Gasteiger partial charge in [0.15, 0.2) is 12.4 Å². The quantitative estimate of drug-likeness (QED) is 0.440. The molecule has 2 aromatic carbocycles. The van der Waals surface area contributed by atoms with Crippen molar-refractivity contribution < 1.29 is 23.9 Å². The number of unbranched alkanes of at least 4 members (excludes halogenated alkanes) is 1. The molecule has 0 saturated carbocycles. The van der Waals surface area contributed by atoms with Crippen LogP contribution in [0.5, 0.6) is 0 Å². The number of benzene rings is 2. The Morgan fingerprint density at radius 2 is 1.53 bits per heavy atom. The molecule has 2 aromatic rings. The standard InChI is InChI=1S/C24H28NO5/c1-18(2)17-29-24(28)25-21(15-9-10-16-26)23(27)30-22(19-11-5-3-6-12-19)20-13-7-4-8-14-20/h3-8,11-14,18,21-22H,9-10,15,17H2,1-2H3,(H,25,28)/t21-/m1/s1. The lowest BCUT2D eigenvalue weighted by Crippen LogP contribution is -2.43. The van der Waals surface area contributed by atoms with Crippen LogP contribution in [0, 0.1) is 5.92 Å². The second-order valence-electron chi connectivity index (χ2n) is 7.36. The maximum Gasteiger partial charge on any atom is 0.407 e. The van der Waals surface area contributed by atoms with E-state index in [9.17, 15) is 14.4 Å². The van der Waals surface area contributed by atoms with Crippen LogP contribution >= 0.6 is 0 Å². The highest BCUT2D eigenvalue weighted by Gasteiger charge is 2.27. The number of amides is 1. The zero-order valence-corrected chi connectivity index (χ0v) is 17.4. The molecule has 0 aromatic heterocycles. The first-order valence-corrected chi connectivity index (χ1v) is 10.1. The summed E-state index contributed by atoms with van der Waals surface area (Å²) in [6.07, 6.45) is 1.32. The van der Waals surface area contributed by atoms with Gasteiger partial charge in [-0.2, -0.15) is 0 Å². The summed E-state index contributed by atoms with van der Waals surface area (Å²) < 4.78 is 11.0. The number of carbonyl (C=O) groups excluding carboxylic acids is 3. The van der Waals surface area contributed by atoms with Crippen LogP contribution in [0.1, 0.15) is 50.3 Å². The molecular weight excluding hydrogens is 382 g/mol. The monoisotopic (exact) mass is 410 g/mol. The van der Waals surface area contributed by atoms with Crippen molar-refractivity contribution in [1.82, 2.24) is 5.32 Å². The van der Waals surface area contributed by atoms with Gasteiger partial charge in [-0.15, -0.1) is 0 Å². The second-order valence-corrected chi connectivity index (χ2v) is 7.36. The molecule has 1 radical (unpaired) electrons. The van der Waals surface area contributed by atoms with E-state index >= 15 is 0 Å². The Labute approximate surface area is 177 Å². The van der Waals surface area contributed by atoms with Gasteiger partial charge in [-0.05, 0) is 29.9 Å². The van der Waals surface area contributed by atoms with Gasteiger partial charge in [-0.1, -0.05) is 74.5 Å². The summed E-state index contributed by atoms with van der Waals surface area (Å²) in [6.45, 7) is 4.08. The fraction of sp³-hybridized carbons (Fsp3) is 0.375. The van der Waals surface area contributed by atoms with Crippen molar-refractivity contribution in [3.8, 4) is 0 Å². The zero-order chi connectivity index (χ0) is 21.8. The SMILES string of the molecule is CC(C)COC(=O)N[C@H](CCC[C]=O)C(=O)OC(c1ccccc1)c1ccccc1. The Kier molecular flexibility index (Phi) is 9.58. The molecule has 30 heavy (non-hydrogen) atoms. The summed E-state index contributed by atoms with van der Waals surface area (Å²) in [4.78, 5) is 35.6. The lowest BCUT2D eigenvalue weighted by molar-refractivity contribution is -0.150. The third-order valence-electron chi connectivity index (χ3n) is 4.33. The van der Waals surface area contributed by atoms with E-state index in [1.54, 1.807) is 6.29 Å². The van der Waals surface area contributed by atoms with E-state index in [0.29, 0.717) is 6.42 Å². The fourth-order valence-corrected chi connectivity index (χ4v) is 2.84. The van der Waals surface area contributed by atoms with E-state index in [4.69, 9.17) is 9.47 Å². The number of rotatable bonds is 11. The molecule has 0 heterocycles. The Bertz CT molecular complexity index is 752. The molecule has 159 valence electrons. The summed E-state index contributed by atoms with van der Waals surface area (Å²) in [5, 5.41) is 2.57. The molecule has 1 atom stereocenters. The Balaban J connectivity index is 2.16. The number of ether oxygens (including phenoxy) is 2. The van der Waals surface area contributed by atoms with Crippen LogP contribution in [0.3, 0.4) is 0 Å². The van der Waals surface area contributed by atoms with E-state index < -0.39 is 24.2 Å². The zero-order valence-electron chi connectivity index (χ0n) is 17.4. The highest BCUT2D eigenvalue weighted by atomic mass is 16.6. The predicted molar refractivity (Wildman–Crippen MR) is 113 cm³/mol. The maximum atomic E-state index is 13.0. The largest absolute Gasteiger partial charge is 0.451 e. The molecule has 0 aliphatic rings. The topological polar surface area (TPSA) is 81.7 Å². The molecule has 6 nitrogen and oxygen atoms in total. The van der Waals surface area contributed by atoms with Crippen molar-refractivity contribution in [2.75, 3.05) is 6.61 Å². The molecule has 0 unspecified atom stereocenters. The minimum Gasteiger partial charge on any atom is -0.451 e. The molecule has 0 aliphatic carbocycles. The molecule has 1 amide bonds. The molecule has 2 rings (SSSR count). The van der Waals surface area contributed by atoms with Crippen molar-refractivity contribution >= 4 is 18.3 Å². The van der Waals surface area contributed by atoms with Crippen molar-refractivity contribution in [2.24, 2.45) is 5.92 Å². The van der Waals surface area contributed by atoms with Gasteiger partial charge in [-0.25, -0.2) is 9.59 Å². The molecule has 1 N–H and O–H groups in total. The van der Waals surface area contributed by atoms with Crippen LogP contribution < -0.4 is 5.32 Å². The molecule has 0 saturated heterocycles. The average Bonchev–Trinajstić information content (AvgIpc) is 2.76. The van der Waals surface area contributed by atoms with Crippen LogP contribution in [0.4, 0.5) is 4.79 Å². The lowest BCUT2D eigenvalue weighted by Gasteiger charge is -2.23. The number of hydrogen-bond acceptors (Lipinski definition) is 5. The number of nitrogens with one attached hydrogen (secondary N) is 1. The first kappa shape index (κ1) is 23.1. The molecule has 6 heteroatoms. The number of alkyl carbamates (subject to hydrolysis) is 1. The second kappa shape index (κ2) is 12.4. The molecule has 0 spiro atoms. The third-order valence-corrected chi connectivity index (χ3v) is 4.33.